The predicted octanol–water partition coefficient (Wildman–Crippen LogP) is 2.22. The first-order valence-corrected chi connectivity index (χ1v) is 6.31. The molecule has 3 heteroatoms. The van der Waals surface area contributed by atoms with Crippen LogP contribution in [0.5, 0.6) is 0 Å². The fourth-order valence-corrected chi connectivity index (χ4v) is 2.21. The van der Waals surface area contributed by atoms with E-state index in [0.717, 1.165) is 25.9 Å². The Labute approximate surface area is 103 Å². The average molecular weight is 231 g/mol. The summed E-state index contributed by atoms with van der Waals surface area (Å²) >= 11 is 0. The maximum Gasteiger partial charge on any atom is 0.0593 e. The molecule has 3 nitrogen and oxygen atoms in total. The maximum atomic E-state index is 6.02. The first kappa shape index (κ1) is 12.0. The van der Waals surface area contributed by atoms with Gasteiger partial charge in [0.05, 0.1) is 18.8 Å². The highest BCUT2D eigenvalue weighted by Crippen LogP contribution is 2.29. The molecular weight excluding hydrogens is 210 g/mol. The summed E-state index contributed by atoms with van der Waals surface area (Å²) in [7, 11) is 0. The van der Waals surface area contributed by atoms with Crippen molar-refractivity contribution >= 4 is 0 Å². The van der Waals surface area contributed by atoms with Gasteiger partial charge in [-0.1, -0.05) is 37.6 Å². The van der Waals surface area contributed by atoms with Gasteiger partial charge in [0, 0.05) is 0 Å². The van der Waals surface area contributed by atoms with Crippen molar-refractivity contribution in [1.29, 1.82) is 0 Å². The van der Waals surface area contributed by atoms with Crippen LogP contribution < -0.4 is 11.2 Å². The molecule has 0 radical (unpaired) electrons. The van der Waals surface area contributed by atoms with E-state index < -0.39 is 0 Å². The Hall–Kier alpha value is -1.48. The maximum absolute atomic E-state index is 6.02. The van der Waals surface area contributed by atoms with E-state index in [4.69, 9.17) is 5.84 Å². The van der Waals surface area contributed by atoms with Crippen LogP contribution in [0.2, 0.25) is 0 Å². The molecule has 0 aromatic carbocycles. The molecular formula is C14H21N3. The van der Waals surface area contributed by atoms with Crippen LogP contribution in [0.15, 0.2) is 47.3 Å². The van der Waals surface area contributed by atoms with Crippen LogP contribution in [0.1, 0.15) is 26.2 Å². The average Bonchev–Trinajstić information content (AvgIpc) is 2.55. The normalized spacial score (nSPS) is 22.2. The molecule has 0 aromatic rings. The molecule has 0 amide bonds. The van der Waals surface area contributed by atoms with Gasteiger partial charge in [-0.05, 0) is 30.2 Å². The molecule has 0 atom stereocenters. The largest absolute Gasteiger partial charge is 0.386 e. The molecule has 2 rings (SSSR count). The van der Waals surface area contributed by atoms with Gasteiger partial charge in [-0.15, -0.1) is 0 Å². The van der Waals surface area contributed by atoms with Crippen LogP contribution in [0.25, 0.3) is 0 Å². The van der Waals surface area contributed by atoms with Crippen molar-refractivity contribution in [3.63, 3.8) is 0 Å². The van der Waals surface area contributed by atoms with Crippen molar-refractivity contribution < 1.29 is 0 Å². The zero-order valence-electron chi connectivity index (χ0n) is 10.4. The number of hydrogen-bond acceptors (Lipinski definition) is 3. The highest BCUT2D eigenvalue weighted by molar-refractivity contribution is 5.45. The van der Waals surface area contributed by atoms with Gasteiger partial charge in [-0.25, -0.2) is 5.84 Å². The third-order valence-corrected chi connectivity index (χ3v) is 3.14. The lowest BCUT2D eigenvalue weighted by molar-refractivity contribution is 0.401. The number of allylic oxidation sites excluding steroid dienone is 4. The van der Waals surface area contributed by atoms with E-state index >= 15 is 0 Å². The summed E-state index contributed by atoms with van der Waals surface area (Å²) in [6, 6.07) is 0. The number of rotatable bonds is 3. The molecule has 0 fully saturated rings. The molecule has 17 heavy (non-hydrogen) atoms. The molecule has 0 unspecified atom stereocenters. The van der Waals surface area contributed by atoms with E-state index in [0.29, 0.717) is 0 Å². The Kier molecular flexibility index (Phi) is 4.04. The van der Waals surface area contributed by atoms with Gasteiger partial charge in [-0.2, -0.15) is 0 Å². The second-order valence-electron chi connectivity index (χ2n) is 4.45. The van der Waals surface area contributed by atoms with E-state index in [1.54, 1.807) is 0 Å². The highest BCUT2D eigenvalue weighted by atomic mass is 15.4. The van der Waals surface area contributed by atoms with Crippen molar-refractivity contribution in [3.8, 4) is 0 Å². The molecule has 2 aliphatic heterocycles. The summed E-state index contributed by atoms with van der Waals surface area (Å²) in [5.74, 6) is 6.02. The van der Waals surface area contributed by atoms with E-state index in [9.17, 15) is 0 Å². The molecule has 0 bridgehead atoms. The Bertz CT molecular complexity index is 388. The summed E-state index contributed by atoms with van der Waals surface area (Å²) in [6.45, 7) is 3.85. The first-order chi connectivity index (χ1) is 8.33. The van der Waals surface area contributed by atoms with Crippen LogP contribution in [0.3, 0.4) is 0 Å². The molecule has 0 saturated carbocycles. The van der Waals surface area contributed by atoms with Crippen molar-refractivity contribution in [2.45, 2.75) is 26.2 Å². The summed E-state index contributed by atoms with van der Waals surface area (Å²) in [4.78, 5) is 0. The Morgan fingerprint density at radius 2 is 2.41 bits per heavy atom. The van der Waals surface area contributed by atoms with Gasteiger partial charge in [0.1, 0.15) is 0 Å². The van der Waals surface area contributed by atoms with E-state index in [1.165, 1.54) is 23.3 Å². The van der Waals surface area contributed by atoms with Gasteiger partial charge in [0.15, 0.2) is 0 Å². The van der Waals surface area contributed by atoms with Gasteiger partial charge in [0.2, 0.25) is 0 Å². The van der Waals surface area contributed by atoms with Gasteiger partial charge in [0.25, 0.3) is 0 Å². The van der Waals surface area contributed by atoms with Crippen LogP contribution in [0, 0.1) is 0 Å². The predicted molar refractivity (Wildman–Crippen MR) is 71.8 cm³/mol. The zero-order valence-corrected chi connectivity index (χ0v) is 10.4. The topological polar surface area (TPSA) is 41.3 Å². The number of nitrogens with two attached hydrogens (primary N) is 1. The van der Waals surface area contributed by atoms with Crippen molar-refractivity contribution in [3.05, 3.63) is 47.3 Å². The first-order valence-electron chi connectivity index (χ1n) is 6.31. The second-order valence-corrected chi connectivity index (χ2v) is 4.45. The van der Waals surface area contributed by atoms with Gasteiger partial charge < -0.3 is 10.3 Å². The quantitative estimate of drug-likeness (QED) is 0.732. The number of unbranched alkanes of at least 4 members (excludes halogenated alkanes) is 1. The lowest BCUT2D eigenvalue weighted by Gasteiger charge is -2.14. The Morgan fingerprint density at radius 1 is 1.53 bits per heavy atom. The van der Waals surface area contributed by atoms with E-state index in [1.807, 2.05) is 11.2 Å². The van der Waals surface area contributed by atoms with E-state index in [-0.39, 0.29) is 0 Å². The molecule has 92 valence electrons. The van der Waals surface area contributed by atoms with Crippen LogP contribution in [-0.2, 0) is 0 Å². The molecule has 0 aliphatic carbocycles. The van der Waals surface area contributed by atoms with E-state index in [2.05, 4.69) is 36.5 Å². The third kappa shape index (κ3) is 2.80. The summed E-state index contributed by atoms with van der Waals surface area (Å²) < 4.78 is 0. The van der Waals surface area contributed by atoms with Gasteiger partial charge in [-0.3, -0.25) is 0 Å². The Morgan fingerprint density at radius 3 is 3.24 bits per heavy atom. The highest BCUT2D eigenvalue weighted by Gasteiger charge is 2.23. The summed E-state index contributed by atoms with van der Waals surface area (Å²) in [5, 5.41) is 5.10. The third-order valence-electron chi connectivity index (χ3n) is 3.14. The van der Waals surface area contributed by atoms with Gasteiger partial charge >= 0.3 is 0 Å². The number of hydrogen-bond donors (Lipinski definition) is 2. The number of nitrogens with zero attached hydrogens (tertiary/aromatic N) is 1. The molecule has 0 spiro atoms. The Balaban J connectivity index is 2.14. The number of nitrogens with one attached hydrogen (secondary N) is 1. The lowest BCUT2D eigenvalue weighted by atomic mass is 10.0. The minimum Gasteiger partial charge on any atom is -0.386 e. The smallest absolute Gasteiger partial charge is 0.0593 e. The molecule has 0 aromatic heterocycles. The SMILES string of the molecule is CCC/C=C\C=C1/CN(N)C2=C1CC=CNC2. The van der Waals surface area contributed by atoms with Crippen molar-refractivity contribution in [2.24, 2.45) is 5.84 Å². The minimum atomic E-state index is 0.830. The van der Waals surface area contributed by atoms with Crippen LogP contribution >= 0.6 is 0 Å². The van der Waals surface area contributed by atoms with Crippen molar-refractivity contribution in [1.82, 2.24) is 10.3 Å². The second kappa shape index (κ2) is 5.73. The monoisotopic (exact) mass is 231 g/mol. The fraction of sp³-hybridized carbons (Fsp3) is 0.429. The number of hydrazine groups is 1. The minimum absolute atomic E-state index is 0.830. The standard InChI is InChI=1S/C14H21N3/c1-2-3-4-5-7-12-11-17(15)14-10-16-9-6-8-13(12)14/h4-7,9,16H,2-3,8,10-11,15H2,1H3/b5-4-,12-7+. The molecule has 2 heterocycles. The van der Waals surface area contributed by atoms with Crippen LogP contribution in [0.4, 0.5) is 0 Å². The van der Waals surface area contributed by atoms with Crippen molar-refractivity contribution in [2.75, 3.05) is 13.1 Å². The zero-order chi connectivity index (χ0) is 12.1. The molecule has 0 saturated heterocycles. The summed E-state index contributed by atoms with van der Waals surface area (Å²) in [6.07, 6.45) is 14.1. The molecule has 2 aliphatic rings. The van der Waals surface area contributed by atoms with Crippen LogP contribution in [-0.4, -0.2) is 18.1 Å². The lowest BCUT2D eigenvalue weighted by Crippen LogP contribution is -2.31. The summed E-state index contributed by atoms with van der Waals surface area (Å²) in [5.41, 5.74) is 3.96. The fourth-order valence-electron chi connectivity index (χ4n) is 2.21. The molecule has 3 N–H and O–H groups in total.